The second-order valence-electron chi connectivity index (χ2n) is 10.6. The summed E-state index contributed by atoms with van der Waals surface area (Å²) >= 11 is 0. The second kappa shape index (κ2) is 11.6. The van der Waals surface area contributed by atoms with Crippen LogP contribution >= 0.6 is 0 Å². The molecule has 1 aliphatic heterocycles. The zero-order valence-electron chi connectivity index (χ0n) is 23.6. The Balaban J connectivity index is 1.92. The molecule has 3 aromatic carbocycles. The van der Waals surface area contributed by atoms with Gasteiger partial charge < -0.3 is 24.2 Å². The van der Waals surface area contributed by atoms with E-state index in [1.807, 2.05) is 56.3 Å². The maximum atomic E-state index is 13.5. The van der Waals surface area contributed by atoms with Crippen LogP contribution in [0.25, 0.3) is 22.3 Å². The minimum atomic E-state index is -1.38. The lowest BCUT2D eigenvalue weighted by Gasteiger charge is -2.35. The first kappa shape index (κ1) is 28.3. The van der Waals surface area contributed by atoms with Crippen LogP contribution in [-0.2, 0) is 32.0 Å². The van der Waals surface area contributed by atoms with Crippen molar-refractivity contribution in [2.24, 2.45) is 0 Å². The lowest BCUT2D eigenvalue weighted by molar-refractivity contribution is -0.470. The number of carbonyl (C=O) groups is 2. The van der Waals surface area contributed by atoms with Gasteiger partial charge in [0.25, 0.3) is 0 Å². The minimum Gasteiger partial charge on any atom is -0.847 e. The van der Waals surface area contributed by atoms with Gasteiger partial charge in [0.15, 0.2) is 0 Å². The molecule has 0 saturated heterocycles. The highest BCUT2D eigenvalue weighted by Crippen LogP contribution is 2.47. The van der Waals surface area contributed by atoms with Gasteiger partial charge >= 0.3 is 5.97 Å². The average Bonchev–Trinajstić information content (AvgIpc) is 2.91. The molecule has 7 heteroatoms. The quantitative estimate of drug-likeness (QED) is 0.371. The molecule has 1 aliphatic rings. The van der Waals surface area contributed by atoms with E-state index in [-0.39, 0.29) is 25.4 Å². The Kier molecular flexibility index (Phi) is 8.42. The summed E-state index contributed by atoms with van der Waals surface area (Å²) in [6, 6.07) is 16.1. The average molecular weight is 531 g/mol. The fourth-order valence-electron chi connectivity index (χ4n) is 4.95. The van der Waals surface area contributed by atoms with Gasteiger partial charge in [0.2, 0.25) is 5.91 Å². The van der Waals surface area contributed by atoms with Crippen molar-refractivity contribution in [1.29, 1.82) is 0 Å². The zero-order chi connectivity index (χ0) is 28.3. The first-order valence-corrected chi connectivity index (χ1v) is 13.1. The molecule has 0 unspecified atom stereocenters. The van der Waals surface area contributed by atoms with E-state index in [4.69, 9.17) is 14.2 Å². The summed E-state index contributed by atoms with van der Waals surface area (Å²) in [7, 11) is 3.20. The van der Waals surface area contributed by atoms with Crippen molar-refractivity contribution in [2.45, 2.75) is 52.7 Å². The Bertz CT molecular complexity index is 1370. The number of carbonyl (C=O) groups excluding carboxylic acids is 2. The lowest BCUT2D eigenvalue weighted by atomic mass is 9.84. The third kappa shape index (κ3) is 6.32. The van der Waals surface area contributed by atoms with Crippen molar-refractivity contribution < 1.29 is 28.9 Å². The molecule has 0 aromatic heterocycles. The van der Waals surface area contributed by atoms with Gasteiger partial charge in [-0.05, 0) is 65.4 Å². The van der Waals surface area contributed by atoms with Crippen LogP contribution < -0.4 is 14.7 Å². The Labute approximate surface area is 230 Å². The standard InChI is InChI=1S/C32H36NO6/c1-20-7-9-22(10-8-20)27-16-28-25-12-11-24(38-6)15-23(25)18-33(29(34)13-14-37-5)31(28)21(2)26(27)17-30(35)39-19-32(3,4)36/h7-12,15-16H,13-14,17-19H2,1-6H3/q-1. The molecule has 39 heavy (non-hydrogen) atoms. The summed E-state index contributed by atoms with van der Waals surface area (Å²) in [5.41, 5.74) is 6.87. The monoisotopic (exact) mass is 530 g/mol. The predicted molar refractivity (Wildman–Crippen MR) is 150 cm³/mol. The van der Waals surface area contributed by atoms with E-state index in [0.717, 1.165) is 55.9 Å². The normalized spacial score (nSPS) is 12.5. The number of fused-ring (bicyclic) bond motifs is 3. The van der Waals surface area contributed by atoms with E-state index < -0.39 is 11.6 Å². The first-order chi connectivity index (χ1) is 18.5. The molecule has 0 spiro atoms. The van der Waals surface area contributed by atoms with Crippen LogP contribution in [0.2, 0.25) is 0 Å². The molecule has 4 rings (SSSR count). The van der Waals surface area contributed by atoms with E-state index in [9.17, 15) is 14.7 Å². The van der Waals surface area contributed by atoms with Gasteiger partial charge in [-0.1, -0.05) is 55.3 Å². The summed E-state index contributed by atoms with van der Waals surface area (Å²) in [5.74, 6) is 0.172. The third-order valence-corrected chi connectivity index (χ3v) is 6.96. The van der Waals surface area contributed by atoms with Crippen molar-refractivity contribution in [1.82, 2.24) is 0 Å². The zero-order valence-corrected chi connectivity index (χ0v) is 23.6. The Morgan fingerprint density at radius 2 is 1.69 bits per heavy atom. The third-order valence-electron chi connectivity index (χ3n) is 6.96. The van der Waals surface area contributed by atoms with Gasteiger partial charge in [0.1, 0.15) is 5.75 Å². The van der Waals surface area contributed by atoms with Gasteiger partial charge in [0.05, 0.1) is 45.4 Å². The summed E-state index contributed by atoms with van der Waals surface area (Å²) in [6.07, 6.45) is 0.207. The number of aryl methyl sites for hydroxylation is 1. The molecule has 0 N–H and O–H groups in total. The lowest BCUT2D eigenvalue weighted by Crippen LogP contribution is -2.42. The molecule has 1 heterocycles. The number of benzene rings is 3. The van der Waals surface area contributed by atoms with Crippen molar-refractivity contribution in [2.75, 3.05) is 32.3 Å². The van der Waals surface area contributed by atoms with Crippen LogP contribution in [0.3, 0.4) is 0 Å². The van der Waals surface area contributed by atoms with Crippen molar-refractivity contribution in [3.8, 4) is 28.0 Å². The minimum absolute atomic E-state index is 0.0199. The highest BCUT2D eigenvalue weighted by Gasteiger charge is 2.31. The fourth-order valence-corrected chi connectivity index (χ4v) is 4.95. The molecule has 0 fully saturated rings. The predicted octanol–water partition coefficient (Wildman–Crippen LogP) is 4.75. The molecule has 0 atom stereocenters. The molecular weight excluding hydrogens is 494 g/mol. The SMILES string of the molecule is COCCC(=O)N1Cc2cc(OC)ccc2-c2cc(-c3ccc(C)cc3)c(CC(=O)OCC(C)(C)[O-])c(C)c21. The number of rotatable bonds is 9. The summed E-state index contributed by atoms with van der Waals surface area (Å²) < 4.78 is 16.0. The largest absolute Gasteiger partial charge is 0.847 e. The van der Waals surface area contributed by atoms with Gasteiger partial charge in [-0.2, -0.15) is 0 Å². The number of esters is 1. The van der Waals surface area contributed by atoms with Crippen molar-refractivity contribution in [3.05, 3.63) is 70.8 Å². The number of nitrogens with zero attached hydrogens (tertiary/aromatic N) is 1. The van der Waals surface area contributed by atoms with E-state index >= 15 is 0 Å². The van der Waals surface area contributed by atoms with Crippen molar-refractivity contribution >= 4 is 17.6 Å². The maximum Gasteiger partial charge on any atom is 0.310 e. The van der Waals surface area contributed by atoms with Crippen LogP contribution in [0.5, 0.6) is 5.75 Å². The molecule has 1 amide bonds. The van der Waals surface area contributed by atoms with Gasteiger partial charge in [-0.25, -0.2) is 0 Å². The number of amides is 1. The molecule has 3 aromatic rings. The Morgan fingerprint density at radius 3 is 2.33 bits per heavy atom. The Hall–Kier alpha value is -3.68. The number of hydrogen-bond acceptors (Lipinski definition) is 6. The van der Waals surface area contributed by atoms with E-state index in [1.54, 1.807) is 19.1 Å². The molecule has 0 radical (unpaired) electrons. The smallest absolute Gasteiger partial charge is 0.310 e. The summed E-state index contributed by atoms with van der Waals surface area (Å²) in [4.78, 5) is 28.2. The molecule has 0 saturated carbocycles. The number of hydrogen-bond donors (Lipinski definition) is 0. The van der Waals surface area contributed by atoms with Crippen LogP contribution in [-0.4, -0.2) is 44.9 Å². The van der Waals surface area contributed by atoms with E-state index in [2.05, 4.69) is 6.07 Å². The van der Waals surface area contributed by atoms with Crippen molar-refractivity contribution in [3.63, 3.8) is 0 Å². The Morgan fingerprint density at radius 1 is 0.974 bits per heavy atom. The van der Waals surface area contributed by atoms with Gasteiger partial charge in [0, 0.05) is 12.7 Å². The molecular formula is C32H36NO6-. The molecule has 0 bridgehead atoms. The summed E-state index contributed by atoms with van der Waals surface area (Å²) in [6.45, 7) is 7.41. The topological polar surface area (TPSA) is 88.1 Å². The van der Waals surface area contributed by atoms with Crippen LogP contribution in [0.4, 0.5) is 5.69 Å². The van der Waals surface area contributed by atoms with E-state index in [0.29, 0.717) is 13.2 Å². The van der Waals surface area contributed by atoms with Crippen LogP contribution in [0.1, 0.15) is 42.5 Å². The maximum absolute atomic E-state index is 13.5. The molecule has 206 valence electrons. The second-order valence-corrected chi connectivity index (χ2v) is 10.6. The van der Waals surface area contributed by atoms with Crippen LogP contribution in [0.15, 0.2) is 48.5 Å². The number of methoxy groups -OCH3 is 2. The molecule has 7 nitrogen and oxygen atoms in total. The highest BCUT2D eigenvalue weighted by atomic mass is 16.5. The van der Waals surface area contributed by atoms with Crippen LogP contribution in [0, 0.1) is 13.8 Å². The van der Waals surface area contributed by atoms with E-state index in [1.165, 1.54) is 13.8 Å². The highest BCUT2D eigenvalue weighted by molar-refractivity contribution is 6.03. The molecule has 0 aliphatic carbocycles. The number of anilines is 1. The fraction of sp³-hybridized carbons (Fsp3) is 0.375. The first-order valence-electron chi connectivity index (χ1n) is 13.1. The summed E-state index contributed by atoms with van der Waals surface area (Å²) in [5, 5.41) is 12.1. The van der Waals surface area contributed by atoms with Gasteiger partial charge in [-0.15, -0.1) is 0 Å². The number of ether oxygens (including phenoxy) is 3. The van der Waals surface area contributed by atoms with Gasteiger partial charge in [-0.3, -0.25) is 9.59 Å².